The largest absolute Gasteiger partial charge is 0.494 e. The smallest absolute Gasteiger partial charge is 0.320 e. The lowest BCUT2D eigenvalue weighted by Gasteiger charge is -2.36. The van der Waals surface area contributed by atoms with Crippen LogP contribution in [0.1, 0.15) is 72.1 Å². The number of amides is 9. The van der Waals surface area contributed by atoms with Gasteiger partial charge in [0.1, 0.15) is 29.6 Å². The number of unbranched alkanes of at least 4 members (excludes halogenated alkanes) is 2. The van der Waals surface area contributed by atoms with Gasteiger partial charge in [0, 0.05) is 160 Å². The minimum absolute atomic E-state index is 0.0113. The summed E-state index contributed by atoms with van der Waals surface area (Å²) in [5.74, 6) is -15.7. The van der Waals surface area contributed by atoms with Crippen LogP contribution in [0.5, 0.6) is 11.5 Å². The van der Waals surface area contributed by atoms with Crippen LogP contribution in [-0.4, -0.2) is 369 Å². The van der Waals surface area contributed by atoms with Gasteiger partial charge >= 0.3 is 41.9 Å². The predicted molar refractivity (Wildman–Crippen MR) is 394 cm³/mol. The topological polar surface area (TPSA) is 478 Å². The summed E-state index contributed by atoms with van der Waals surface area (Å²) in [6.07, 6.45) is 1.91. The van der Waals surface area contributed by atoms with E-state index in [-0.39, 0.29) is 149 Å². The van der Waals surface area contributed by atoms with Crippen LogP contribution in [0.2, 0.25) is 0 Å². The van der Waals surface area contributed by atoms with Crippen molar-refractivity contribution in [1.82, 2.24) is 80.2 Å². The van der Waals surface area contributed by atoms with E-state index in [9.17, 15) is 111 Å². The zero-order valence-corrected chi connectivity index (χ0v) is 62.7. The Morgan fingerprint density at radius 2 is 0.833 bits per heavy atom. The summed E-state index contributed by atoms with van der Waals surface area (Å²) in [6.45, 7) is -5.32. The van der Waals surface area contributed by atoms with Crippen LogP contribution in [0.15, 0.2) is 60.9 Å². The third kappa shape index (κ3) is 27.2. The van der Waals surface area contributed by atoms with Gasteiger partial charge in [-0.3, -0.25) is 82.4 Å². The maximum absolute atomic E-state index is 14.6. The second-order valence-electron chi connectivity index (χ2n) is 27.9. The van der Waals surface area contributed by atoms with Gasteiger partial charge in [0.05, 0.1) is 99.9 Å². The summed E-state index contributed by atoms with van der Waals surface area (Å²) in [5.41, 5.74) is 0.988. The quantitative estimate of drug-likeness (QED) is 0.0248. The molecule has 1 unspecified atom stereocenters. The molecule has 4 fully saturated rings. The van der Waals surface area contributed by atoms with Gasteiger partial charge < -0.3 is 80.8 Å². The van der Waals surface area contributed by atoms with E-state index in [2.05, 4.69) is 31.2 Å². The molecule has 4 aliphatic heterocycles. The number of hydrogen-bond acceptors (Lipinski definition) is 23. The van der Waals surface area contributed by atoms with E-state index < -0.39 is 173 Å². The van der Waals surface area contributed by atoms with Gasteiger partial charge in [-0.1, -0.05) is 0 Å². The summed E-state index contributed by atoms with van der Waals surface area (Å²) < 4.78 is 68.3. The van der Waals surface area contributed by atoms with Crippen molar-refractivity contribution < 1.29 is 110 Å². The number of urea groups is 2. The van der Waals surface area contributed by atoms with Crippen molar-refractivity contribution in [2.45, 2.75) is 81.3 Å². The Balaban J connectivity index is 0.914. The first kappa shape index (κ1) is 88.2. The monoisotopic (exact) mass is 1600 g/mol. The maximum atomic E-state index is 14.6. The number of nitriles is 2. The second kappa shape index (κ2) is 42.5. The fraction of sp³-hybridized carbons (Fsp3) is 0.562. The number of hydrogen-bond donors (Lipinski definition) is 9. The number of carboxylic acids is 5. The standard InChI is InChI=1S/C73H94F4N18O19/c74-72(75)37-49(39-78)94(47-72)61(97)41-84-67(107)53-11-15-80-57-7-5-51(35-55(53)57)113-33-3-1-13-82-70(111)92-28-24-89(46-66(105)106)23-27-91(60(96)10-9-59(69(109)110)90-25-21-87(44-64(101)102)19-17-86(43-63(99)100)18-20-88(22-26-90)45-65(103)104)29-30-93(32-31-92)71(112)83-14-2-4-34-114-52-6-8-58-56(36-52)54(12-16-81-58)68(108)85-42-62(98)95-48-73(76,77)38-50(95)40-79/h5-8,11-12,15-16,35-36,49-50,59H,1-4,9-10,13-14,17-34,37-38,41-48H2,(H,82,111)(H,83,112)(H,84,107)(H,85,108)(H,99,100)(H,101,102)(H,103,104)(H,105,106)(H,109,110)/t49-,50-,59?/m0/s1. The van der Waals surface area contributed by atoms with Gasteiger partial charge in [0.25, 0.3) is 23.7 Å². The Hall–Kier alpha value is -11.4. The highest BCUT2D eigenvalue weighted by Crippen LogP contribution is 2.33. The molecule has 2 aromatic heterocycles. The lowest BCUT2D eigenvalue weighted by atomic mass is 10.1. The first-order valence-electron chi connectivity index (χ1n) is 37.2. The Labute approximate surface area is 652 Å². The van der Waals surface area contributed by atoms with Gasteiger partial charge in [-0.15, -0.1) is 0 Å². The number of ether oxygens (including phenoxy) is 2. The van der Waals surface area contributed by atoms with Crippen molar-refractivity contribution in [2.75, 3.05) is 183 Å². The third-order valence-corrected chi connectivity index (χ3v) is 19.7. The zero-order chi connectivity index (χ0) is 82.7. The molecule has 9 amide bonds. The van der Waals surface area contributed by atoms with Gasteiger partial charge in [0.15, 0.2) is 0 Å². The number of fused-ring (bicyclic) bond motifs is 2. The molecule has 37 nitrogen and oxygen atoms in total. The number of alkyl halides is 4. The highest BCUT2D eigenvalue weighted by atomic mass is 19.3. The minimum atomic E-state index is -3.25. The number of halogens is 4. The highest BCUT2D eigenvalue weighted by Gasteiger charge is 2.48. The van der Waals surface area contributed by atoms with Crippen LogP contribution in [0, 0.1) is 22.7 Å². The van der Waals surface area contributed by atoms with E-state index in [4.69, 9.17) is 9.47 Å². The van der Waals surface area contributed by atoms with Crippen LogP contribution in [0.25, 0.3) is 21.8 Å². The fourth-order valence-corrected chi connectivity index (χ4v) is 13.6. The molecule has 4 saturated heterocycles. The van der Waals surface area contributed by atoms with E-state index in [1.807, 2.05) is 0 Å². The third-order valence-electron chi connectivity index (χ3n) is 19.7. The maximum Gasteiger partial charge on any atom is 0.320 e. The molecule has 0 saturated carbocycles. The van der Waals surface area contributed by atoms with Crippen molar-refractivity contribution >= 4 is 93.3 Å². The number of pyridine rings is 2. The molecule has 4 aromatic rings. The highest BCUT2D eigenvalue weighted by molar-refractivity contribution is 6.08. The van der Waals surface area contributed by atoms with Gasteiger partial charge in [-0.25, -0.2) is 27.2 Å². The van der Waals surface area contributed by atoms with E-state index >= 15 is 0 Å². The van der Waals surface area contributed by atoms with Crippen LogP contribution in [0.3, 0.4) is 0 Å². The molecule has 0 bridgehead atoms. The average Bonchev–Trinajstić information content (AvgIpc) is 1.28. The van der Waals surface area contributed by atoms with Gasteiger partial charge in [-0.05, 0) is 80.6 Å². The number of aliphatic carboxylic acids is 5. The summed E-state index contributed by atoms with van der Waals surface area (Å²) in [6, 6.07) is 10.5. The zero-order valence-electron chi connectivity index (χ0n) is 62.7. The van der Waals surface area contributed by atoms with Crippen LogP contribution in [0.4, 0.5) is 27.2 Å². The molecule has 114 heavy (non-hydrogen) atoms. The van der Waals surface area contributed by atoms with E-state index in [1.165, 1.54) is 58.8 Å². The van der Waals surface area contributed by atoms with Crippen molar-refractivity contribution in [2.24, 2.45) is 0 Å². The first-order chi connectivity index (χ1) is 54.4. The molecule has 41 heteroatoms. The summed E-state index contributed by atoms with van der Waals surface area (Å²) in [7, 11) is 0. The summed E-state index contributed by atoms with van der Waals surface area (Å²) in [5, 5.41) is 80.1. The Bertz CT molecular complexity index is 4160. The van der Waals surface area contributed by atoms with Crippen LogP contribution >= 0.6 is 0 Å². The Morgan fingerprint density at radius 3 is 1.21 bits per heavy atom. The fourth-order valence-electron chi connectivity index (χ4n) is 13.6. The molecular formula is C73H94F4N18O19. The molecule has 4 aliphatic rings. The molecule has 2 aromatic carbocycles. The molecule has 6 heterocycles. The number of carbonyl (C=O) groups excluding carboxylic acids is 7. The molecule has 3 atom stereocenters. The van der Waals surface area contributed by atoms with E-state index in [1.54, 1.807) is 53.4 Å². The summed E-state index contributed by atoms with van der Waals surface area (Å²) >= 11 is 0. The number of nitrogens with one attached hydrogen (secondary N) is 4. The Morgan fingerprint density at radius 1 is 0.474 bits per heavy atom. The molecule has 618 valence electrons. The lowest BCUT2D eigenvalue weighted by molar-refractivity contribution is -0.145. The molecule has 9 N–H and O–H groups in total. The van der Waals surface area contributed by atoms with Crippen molar-refractivity contribution in [1.29, 1.82) is 10.5 Å². The number of nitrogens with zero attached hydrogens (tertiary/aromatic N) is 14. The number of aromatic nitrogens is 2. The lowest BCUT2D eigenvalue weighted by Crippen LogP contribution is -2.53. The van der Waals surface area contributed by atoms with Crippen molar-refractivity contribution in [3.63, 3.8) is 0 Å². The number of likely N-dealkylation sites (tertiary alicyclic amines) is 2. The minimum Gasteiger partial charge on any atom is -0.494 e. The SMILES string of the molecule is N#C[C@@H]1CC(F)(F)CN1C(=O)CNC(=O)c1ccnc2ccc(OCCCCNC(=O)N3CCN(CC(=O)O)CCN(C(=O)CCC(C(=O)O)N4CCN(CC(=O)O)CCN(CC(=O)O)CCN(CC(=O)O)CC4)CCN(C(=O)NCCCCOc4ccc5nccc(C(=O)NCC(=O)N6CC(F)(F)C[C@H]6C#N)c5c4)CC3)cc12. The number of rotatable bonds is 31. The van der Waals surface area contributed by atoms with E-state index in [0.717, 1.165) is 9.80 Å². The second-order valence-corrected chi connectivity index (χ2v) is 27.9. The molecule has 0 aliphatic carbocycles. The average molecular weight is 1600 g/mol. The number of carbonyl (C=O) groups is 12. The van der Waals surface area contributed by atoms with Crippen LogP contribution < -0.4 is 30.7 Å². The van der Waals surface area contributed by atoms with Crippen molar-refractivity contribution in [3.8, 4) is 23.6 Å². The summed E-state index contributed by atoms with van der Waals surface area (Å²) in [4.78, 5) is 179. The Kier molecular flexibility index (Phi) is 32.8. The molecule has 8 rings (SSSR count). The van der Waals surface area contributed by atoms with Gasteiger partial charge in [0.2, 0.25) is 17.7 Å². The normalized spacial score (nSPS) is 18.8. The molecule has 0 spiro atoms. The van der Waals surface area contributed by atoms with Crippen LogP contribution in [-0.2, 0) is 38.4 Å². The molecular weight excluding hydrogens is 1510 g/mol. The predicted octanol–water partition coefficient (Wildman–Crippen LogP) is 0.741. The molecule has 0 radical (unpaired) electrons. The van der Waals surface area contributed by atoms with Crippen molar-refractivity contribution in [3.05, 3.63) is 72.1 Å². The van der Waals surface area contributed by atoms with E-state index in [0.29, 0.717) is 59.0 Å². The first-order valence-corrected chi connectivity index (χ1v) is 37.2. The van der Waals surface area contributed by atoms with Gasteiger partial charge in [-0.2, -0.15) is 10.5 Å². The number of carboxylic acid groups (broad SMARTS) is 5. The number of benzene rings is 2.